The van der Waals surface area contributed by atoms with Crippen LogP contribution in [0.4, 0.5) is 0 Å². The van der Waals surface area contributed by atoms with E-state index in [2.05, 4.69) is 50.4 Å². The summed E-state index contributed by atoms with van der Waals surface area (Å²) in [7, 11) is 0. The maximum absolute atomic E-state index is 6.00. The number of unbranched alkanes of at least 4 members (excludes halogenated alkanes) is 3. The molecule has 1 aliphatic rings. The quantitative estimate of drug-likeness (QED) is 0.667. The lowest BCUT2D eigenvalue weighted by molar-refractivity contribution is 0.296. The molecule has 0 saturated heterocycles. The predicted octanol–water partition coefficient (Wildman–Crippen LogP) is 4.68. The second-order valence-electron chi connectivity index (χ2n) is 7.24. The van der Waals surface area contributed by atoms with E-state index < -0.39 is 0 Å². The van der Waals surface area contributed by atoms with Crippen LogP contribution in [0.1, 0.15) is 64.9 Å². The molecule has 2 nitrogen and oxygen atoms in total. The molecular weight excluding hydrogens is 258 g/mol. The molecule has 0 heterocycles. The average Bonchev–Trinajstić information content (AvgIpc) is 3.25. The summed E-state index contributed by atoms with van der Waals surface area (Å²) in [6.07, 6.45) is 7.81. The molecule has 0 radical (unpaired) electrons. The predicted molar refractivity (Wildman–Crippen MR) is 90.1 cm³/mol. The van der Waals surface area contributed by atoms with Crippen molar-refractivity contribution in [2.24, 2.45) is 0 Å². The van der Waals surface area contributed by atoms with E-state index in [1.54, 1.807) is 0 Å². The summed E-state index contributed by atoms with van der Waals surface area (Å²) in [6, 6.07) is 9.29. The van der Waals surface area contributed by atoms with E-state index in [-0.39, 0.29) is 5.41 Å². The molecule has 2 rings (SSSR count). The third kappa shape index (κ3) is 6.09. The van der Waals surface area contributed by atoms with Crippen LogP contribution < -0.4 is 10.1 Å². The standard InChI is InChI=1S/C19H31NO/c1-19(2,3)17-10-6-7-11-18(17)21-15-9-5-4-8-14-20-16-12-13-16/h6-7,10-11,16,20H,4-5,8-9,12-15H2,1-3H3. The second-order valence-corrected chi connectivity index (χ2v) is 7.24. The van der Waals surface area contributed by atoms with Crippen molar-refractivity contribution >= 4 is 0 Å². The molecule has 1 aromatic carbocycles. The molecule has 0 atom stereocenters. The third-order valence-electron chi connectivity index (χ3n) is 4.03. The van der Waals surface area contributed by atoms with Crippen molar-refractivity contribution in [3.8, 4) is 5.75 Å². The maximum Gasteiger partial charge on any atom is 0.123 e. The minimum Gasteiger partial charge on any atom is -0.493 e. The van der Waals surface area contributed by atoms with E-state index in [4.69, 9.17) is 4.74 Å². The summed E-state index contributed by atoms with van der Waals surface area (Å²) in [5, 5.41) is 3.57. The van der Waals surface area contributed by atoms with Crippen LogP contribution in [-0.2, 0) is 5.41 Å². The number of ether oxygens (including phenoxy) is 1. The van der Waals surface area contributed by atoms with Crippen LogP contribution in [0.5, 0.6) is 5.75 Å². The van der Waals surface area contributed by atoms with Crippen LogP contribution in [0.25, 0.3) is 0 Å². The molecule has 0 aliphatic heterocycles. The minimum atomic E-state index is 0.144. The van der Waals surface area contributed by atoms with Gasteiger partial charge in [-0.25, -0.2) is 0 Å². The van der Waals surface area contributed by atoms with Gasteiger partial charge >= 0.3 is 0 Å². The number of benzene rings is 1. The third-order valence-corrected chi connectivity index (χ3v) is 4.03. The van der Waals surface area contributed by atoms with E-state index in [9.17, 15) is 0 Å². The van der Waals surface area contributed by atoms with Gasteiger partial charge < -0.3 is 10.1 Å². The molecule has 1 aromatic rings. The number of hydrogen-bond acceptors (Lipinski definition) is 2. The van der Waals surface area contributed by atoms with Gasteiger partial charge in [0.15, 0.2) is 0 Å². The van der Waals surface area contributed by atoms with Crippen molar-refractivity contribution < 1.29 is 4.74 Å². The lowest BCUT2D eigenvalue weighted by Gasteiger charge is -2.22. The van der Waals surface area contributed by atoms with Gasteiger partial charge in [-0.15, -0.1) is 0 Å². The molecule has 0 unspecified atom stereocenters. The molecule has 0 spiro atoms. The molecule has 1 N–H and O–H groups in total. The van der Waals surface area contributed by atoms with Crippen LogP contribution in [0.2, 0.25) is 0 Å². The molecule has 118 valence electrons. The molecule has 1 fully saturated rings. The number of hydrogen-bond donors (Lipinski definition) is 1. The lowest BCUT2D eigenvalue weighted by atomic mass is 9.86. The van der Waals surface area contributed by atoms with Gasteiger partial charge in [-0.3, -0.25) is 0 Å². The molecule has 1 saturated carbocycles. The zero-order valence-corrected chi connectivity index (χ0v) is 14.0. The monoisotopic (exact) mass is 289 g/mol. The van der Waals surface area contributed by atoms with Gasteiger partial charge in [-0.2, -0.15) is 0 Å². The van der Waals surface area contributed by atoms with Gasteiger partial charge in [0, 0.05) is 6.04 Å². The summed E-state index contributed by atoms with van der Waals surface area (Å²) >= 11 is 0. The highest BCUT2D eigenvalue weighted by Crippen LogP contribution is 2.31. The van der Waals surface area contributed by atoms with E-state index in [1.165, 1.54) is 44.2 Å². The van der Waals surface area contributed by atoms with Crippen LogP contribution in [0.15, 0.2) is 24.3 Å². The highest BCUT2D eigenvalue weighted by molar-refractivity contribution is 5.38. The zero-order valence-electron chi connectivity index (χ0n) is 14.0. The van der Waals surface area contributed by atoms with Crippen LogP contribution >= 0.6 is 0 Å². The first-order valence-electron chi connectivity index (χ1n) is 8.53. The second kappa shape index (κ2) is 7.84. The Hall–Kier alpha value is -1.02. The summed E-state index contributed by atoms with van der Waals surface area (Å²) in [4.78, 5) is 0. The van der Waals surface area contributed by atoms with Crippen molar-refractivity contribution in [1.82, 2.24) is 5.32 Å². The van der Waals surface area contributed by atoms with Crippen LogP contribution in [0, 0.1) is 0 Å². The normalized spacial score (nSPS) is 15.2. The number of para-hydroxylation sites is 1. The van der Waals surface area contributed by atoms with E-state index in [0.29, 0.717) is 0 Å². The Morgan fingerprint density at radius 3 is 2.48 bits per heavy atom. The average molecular weight is 289 g/mol. The fourth-order valence-electron chi connectivity index (χ4n) is 2.57. The van der Waals surface area contributed by atoms with Gasteiger partial charge in [0.1, 0.15) is 5.75 Å². The van der Waals surface area contributed by atoms with E-state index >= 15 is 0 Å². The topological polar surface area (TPSA) is 21.3 Å². The number of nitrogens with one attached hydrogen (secondary N) is 1. The Morgan fingerprint density at radius 2 is 1.76 bits per heavy atom. The van der Waals surface area contributed by atoms with Crippen molar-refractivity contribution in [3.63, 3.8) is 0 Å². The van der Waals surface area contributed by atoms with Crippen LogP contribution in [-0.4, -0.2) is 19.2 Å². The fourth-order valence-corrected chi connectivity index (χ4v) is 2.57. The molecule has 0 aromatic heterocycles. The van der Waals surface area contributed by atoms with Crippen LogP contribution in [0.3, 0.4) is 0 Å². The first-order chi connectivity index (χ1) is 10.1. The Morgan fingerprint density at radius 1 is 1.05 bits per heavy atom. The Labute approximate surface area is 130 Å². The van der Waals surface area contributed by atoms with Gasteiger partial charge in [-0.05, 0) is 49.3 Å². The molecule has 2 heteroatoms. The van der Waals surface area contributed by atoms with Crippen molar-refractivity contribution in [3.05, 3.63) is 29.8 Å². The SMILES string of the molecule is CC(C)(C)c1ccccc1OCCCCCCNC1CC1. The van der Waals surface area contributed by atoms with Crippen molar-refractivity contribution in [2.45, 2.75) is 70.8 Å². The molecule has 21 heavy (non-hydrogen) atoms. The van der Waals surface area contributed by atoms with Gasteiger partial charge in [0.25, 0.3) is 0 Å². The molecule has 0 bridgehead atoms. The first-order valence-corrected chi connectivity index (χ1v) is 8.53. The maximum atomic E-state index is 6.00. The molecule has 0 amide bonds. The van der Waals surface area contributed by atoms with E-state index in [1.807, 2.05) is 0 Å². The highest BCUT2D eigenvalue weighted by atomic mass is 16.5. The fraction of sp³-hybridized carbons (Fsp3) is 0.684. The first kappa shape index (κ1) is 16.4. The molecule has 1 aliphatic carbocycles. The summed E-state index contributed by atoms with van der Waals surface area (Å²) in [6.45, 7) is 8.74. The van der Waals surface area contributed by atoms with Crippen molar-refractivity contribution in [2.75, 3.05) is 13.2 Å². The highest BCUT2D eigenvalue weighted by Gasteiger charge is 2.19. The lowest BCUT2D eigenvalue weighted by Crippen LogP contribution is -2.17. The summed E-state index contributed by atoms with van der Waals surface area (Å²) in [5.74, 6) is 1.06. The summed E-state index contributed by atoms with van der Waals surface area (Å²) < 4.78 is 6.00. The van der Waals surface area contributed by atoms with E-state index in [0.717, 1.165) is 24.8 Å². The Bertz CT molecular complexity index is 418. The van der Waals surface area contributed by atoms with Crippen molar-refractivity contribution in [1.29, 1.82) is 0 Å². The smallest absolute Gasteiger partial charge is 0.123 e. The largest absolute Gasteiger partial charge is 0.493 e. The Balaban J connectivity index is 1.59. The van der Waals surface area contributed by atoms with Gasteiger partial charge in [0.05, 0.1) is 6.61 Å². The minimum absolute atomic E-state index is 0.144. The Kier molecular flexibility index (Phi) is 6.10. The van der Waals surface area contributed by atoms with Gasteiger partial charge in [0.2, 0.25) is 0 Å². The zero-order chi connectivity index (χ0) is 15.1. The van der Waals surface area contributed by atoms with Gasteiger partial charge in [-0.1, -0.05) is 51.8 Å². The summed E-state index contributed by atoms with van der Waals surface area (Å²) in [5.41, 5.74) is 1.45. The molecular formula is C19H31NO. The number of rotatable bonds is 9.